The molecule has 0 radical (unpaired) electrons. The number of nitriles is 1. The number of nitrogens with one attached hydrogen (secondary N) is 1. The van der Waals surface area contributed by atoms with Gasteiger partial charge < -0.3 is 5.32 Å². The summed E-state index contributed by atoms with van der Waals surface area (Å²) in [5.41, 5.74) is -0.0572. The highest BCUT2D eigenvalue weighted by atomic mass is 32.2. The van der Waals surface area contributed by atoms with Gasteiger partial charge in [-0.15, -0.1) is 0 Å². The first-order valence-electron chi connectivity index (χ1n) is 5.45. The van der Waals surface area contributed by atoms with Crippen LogP contribution in [-0.4, -0.2) is 30.2 Å². The molecule has 0 spiro atoms. The molecule has 0 aromatic carbocycles. The number of anilines is 1. The average Bonchev–Trinajstić information content (AvgIpc) is 2.27. The van der Waals surface area contributed by atoms with Crippen molar-refractivity contribution in [2.45, 2.75) is 37.9 Å². The normalized spacial score (nSPS) is 11.9. The van der Waals surface area contributed by atoms with Gasteiger partial charge in [0.05, 0.1) is 6.20 Å². The molecule has 0 aliphatic heterocycles. The molecule has 0 aliphatic carbocycles. The number of nitrogens with zero attached hydrogens (tertiary/aromatic N) is 3. The van der Waals surface area contributed by atoms with Crippen molar-refractivity contribution in [3.05, 3.63) is 11.8 Å². The summed E-state index contributed by atoms with van der Waals surface area (Å²) in [6.45, 7) is 5.87. The Morgan fingerprint density at radius 3 is 2.56 bits per heavy atom. The summed E-state index contributed by atoms with van der Waals surface area (Å²) < 4.78 is 22.8. The number of aromatic nitrogens is 2. The van der Waals surface area contributed by atoms with Crippen molar-refractivity contribution in [3.8, 4) is 6.07 Å². The Hall–Kier alpha value is -1.68. The van der Waals surface area contributed by atoms with Crippen LogP contribution in [0.3, 0.4) is 0 Å². The number of sulfone groups is 1. The van der Waals surface area contributed by atoms with Gasteiger partial charge >= 0.3 is 0 Å². The van der Waals surface area contributed by atoms with E-state index >= 15 is 0 Å². The molecule has 1 aromatic rings. The molecule has 98 valence electrons. The van der Waals surface area contributed by atoms with Crippen molar-refractivity contribution in [2.75, 3.05) is 11.6 Å². The van der Waals surface area contributed by atoms with Crippen molar-refractivity contribution in [1.82, 2.24) is 9.97 Å². The summed E-state index contributed by atoms with van der Waals surface area (Å²) in [4.78, 5) is 7.59. The van der Waals surface area contributed by atoms with Gasteiger partial charge in [-0.05, 0) is 20.3 Å². The van der Waals surface area contributed by atoms with Crippen LogP contribution in [0.25, 0.3) is 0 Å². The van der Waals surface area contributed by atoms with Gasteiger partial charge in [0.15, 0.2) is 0 Å². The van der Waals surface area contributed by atoms with Crippen LogP contribution in [-0.2, 0) is 9.84 Å². The molecule has 1 aromatic heterocycles. The summed E-state index contributed by atoms with van der Waals surface area (Å²) >= 11 is 0. The molecule has 18 heavy (non-hydrogen) atoms. The van der Waals surface area contributed by atoms with Crippen LogP contribution in [0.4, 0.5) is 5.82 Å². The minimum atomic E-state index is -3.48. The first-order valence-corrected chi connectivity index (χ1v) is 7.34. The van der Waals surface area contributed by atoms with Crippen LogP contribution < -0.4 is 5.32 Å². The third kappa shape index (κ3) is 3.40. The van der Waals surface area contributed by atoms with Crippen LogP contribution in [0.5, 0.6) is 0 Å². The Bertz CT molecular complexity index is 588. The van der Waals surface area contributed by atoms with E-state index in [-0.39, 0.29) is 22.1 Å². The molecule has 0 saturated heterocycles. The second kappa shape index (κ2) is 4.90. The summed E-state index contributed by atoms with van der Waals surface area (Å²) in [6.07, 6.45) is 3.05. The maximum atomic E-state index is 11.4. The molecule has 1 rings (SSSR count). The second-order valence-electron chi connectivity index (χ2n) is 4.66. The lowest BCUT2D eigenvalue weighted by Crippen LogP contribution is -2.31. The Morgan fingerprint density at radius 1 is 1.50 bits per heavy atom. The molecular weight excluding hydrogens is 252 g/mol. The Balaban J connectivity index is 3.29. The Morgan fingerprint density at radius 2 is 2.11 bits per heavy atom. The van der Waals surface area contributed by atoms with E-state index in [1.807, 2.05) is 26.8 Å². The molecule has 7 heteroatoms. The van der Waals surface area contributed by atoms with Gasteiger partial charge in [0, 0.05) is 11.8 Å². The summed E-state index contributed by atoms with van der Waals surface area (Å²) in [5.74, 6) is 0.250. The zero-order chi connectivity index (χ0) is 14.0. The average molecular weight is 268 g/mol. The van der Waals surface area contributed by atoms with E-state index in [9.17, 15) is 8.42 Å². The van der Waals surface area contributed by atoms with E-state index < -0.39 is 9.84 Å². The van der Waals surface area contributed by atoms with E-state index in [0.717, 1.165) is 12.7 Å². The van der Waals surface area contributed by atoms with Crippen molar-refractivity contribution in [2.24, 2.45) is 0 Å². The molecule has 0 fully saturated rings. The largest absolute Gasteiger partial charge is 0.364 e. The van der Waals surface area contributed by atoms with Gasteiger partial charge in [-0.2, -0.15) is 10.2 Å². The SMILES string of the molecule is CCC(C)(C)Nc1nc(S(C)(=O)=O)ncc1C#N. The highest BCUT2D eigenvalue weighted by molar-refractivity contribution is 7.90. The summed E-state index contributed by atoms with van der Waals surface area (Å²) in [7, 11) is -3.48. The molecule has 0 atom stereocenters. The van der Waals surface area contributed by atoms with Gasteiger partial charge in [0.1, 0.15) is 17.5 Å². The smallest absolute Gasteiger partial charge is 0.248 e. The molecular formula is C11H16N4O2S. The highest BCUT2D eigenvalue weighted by Crippen LogP contribution is 2.20. The van der Waals surface area contributed by atoms with Crippen LogP contribution in [0.1, 0.15) is 32.8 Å². The standard InChI is InChI=1S/C11H16N4O2S/c1-5-11(2,3)15-9-8(6-12)7-13-10(14-9)18(4,16)17/h7H,5H2,1-4H3,(H,13,14,15). The van der Waals surface area contributed by atoms with Crippen molar-refractivity contribution in [1.29, 1.82) is 5.26 Å². The monoisotopic (exact) mass is 268 g/mol. The molecule has 0 unspecified atom stereocenters. The molecule has 0 amide bonds. The van der Waals surface area contributed by atoms with Crippen molar-refractivity contribution >= 4 is 15.7 Å². The maximum Gasteiger partial charge on any atom is 0.248 e. The first-order chi connectivity index (χ1) is 8.19. The van der Waals surface area contributed by atoms with E-state index in [1.165, 1.54) is 6.20 Å². The van der Waals surface area contributed by atoms with Crippen LogP contribution in [0.15, 0.2) is 11.4 Å². The Kier molecular flexibility index (Phi) is 3.92. The van der Waals surface area contributed by atoms with Crippen molar-refractivity contribution < 1.29 is 8.42 Å². The predicted molar refractivity (Wildman–Crippen MR) is 67.8 cm³/mol. The Labute approximate surface area is 107 Å². The zero-order valence-electron chi connectivity index (χ0n) is 10.9. The van der Waals surface area contributed by atoms with Gasteiger partial charge in [-0.25, -0.2) is 13.4 Å². The summed E-state index contributed by atoms with van der Waals surface area (Å²) in [5, 5.41) is 11.7. The maximum absolute atomic E-state index is 11.4. The van der Waals surface area contributed by atoms with E-state index in [2.05, 4.69) is 15.3 Å². The third-order valence-electron chi connectivity index (χ3n) is 2.56. The predicted octanol–water partition coefficient (Wildman–Crippen LogP) is 1.35. The fourth-order valence-electron chi connectivity index (χ4n) is 1.13. The molecule has 6 nitrogen and oxygen atoms in total. The third-order valence-corrected chi connectivity index (χ3v) is 3.42. The zero-order valence-corrected chi connectivity index (χ0v) is 11.7. The van der Waals surface area contributed by atoms with Gasteiger partial charge in [0.2, 0.25) is 15.0 Å². The lowest BCUT2D eigenvalue weighted by Gasteiger charge is -2.25. The van der Waals surface area contributed by atoms with Gasteiger partial charge in [0.25, 0.3) is 0 Å². The fraction of sp³-hybridized carbons (Fsp3) is 0.545. The molecule has 0 saturated carbocycles. The van der Waals surface area contributed by atoms with Crippen molar-refractivity contribution in [3.63, 3.8) is 0 Å². The number of hydrogen-bond donors (Lipinski definition) is 1. The highest BCUT2D eigenvalue weighted by Gasteiger charge is 2.20. The molecule has 1 heterocycles. The minimum Gasteiger partial charge on any atom is -0.364 e. The summed E-state index contributed by atoms with van der Waals surface area (Å²) in [6, 6.07) is 1.94. The topological polar surface area (TPSA) is 95.7 Å². The van der Waals surface area contributed by atoms with Gasteiger partial charge in [-0.3, -0.25) is 0 Å². The van der Waals surface area contributed by atoms with Crippen LogP contribution >= 0.6 is 0 Å². The molecule has 1 N–H and O–H groups in total. The lowest BCUT2D eigenvalue weighted by atomic mass is 10.0. The fourth-order valence-corrected chi connectivity index (χ4v) is 1.63. The lowest BCUT2D eigenvalue weighted by molar-refractivity contribution is 0.542. The van der Waals surface area contributed by atoms with E-state index in [1.54, 1.807) is 0 Å². The molecule has 0 aliphatic rings. The van der Waals surface area contributed by atoms with Crippen LogP contribution in [0.2, 0.25) is 0 Å². The van der Waals surface area contributed by atoms with E-state index in [4.69, 9.17) is 5.26 Å². The quantitative estimate of drug-likeness (QED) is 0.828. The second-order valence-corrected chi connectivity index (χ2v) is 6.57. The first kappa shape index (κ1) is 14.4. The van der Waals surface area contributed by atoms with Gasteiger partial charge in [-0.1, -0.05) is 6.92 Å². The minimum absolute atomic E-state index is 0.226. The van der Waals surface area contributed by atoms with Crippen LogP contribution in [0, 0.1) is 11.3 Å². The molecule has 0 bridgehead atoms. The van der Waals surface area contributed by atoms with E-state index in [0.29, 0.717) is 0 Å². The number of rotatable bonds is 4. The number of hydrogen-bond acceptors (Lipinski definition) is 6.